The van der Waals surface area contributed by atoms with Crippen LogP contribution in [-0.2, 0) is 16.0 Å². The Hall–Kier alpha value is -2.82. The fraction of sp³-hybridized carbons (Fsp3) is 0.300. The number of para-hydroxylation sites is 1. The van der Waals surface area contributed by atoms with Gasteiger partial charge in [-0.3, -0.25) is 9.59 Å². The molecule has 0 saturated carbocycles. The molecule has 130 valence electrons. The number of hydrogen-bond acceptors (Lipinski definition) is 3. The summed E-state index contributed by atoms with van der Waals surface area (Å²) in [6, 6.07) is 15.4. The van der Waals surface area contributed by atoms with Gasteiger partial charge in [0.1, 0.15) is 5.75 Å². The molecule has 5 nitrogen and oxygen atoms in total. The highest BCUT2D eigenvalue weighted by molar-refractivity contribution is 6.02. The highest BCUT2D eigenvalue weighted by atomic mass is 16.5. The fourth-order valence-electron chi connectivity index (χ4n) is 3.16. The van der Waals surface area contributed by atoms with Gasteiger partial charge in [-0.1, -0.05) is 30.3 Å². The average molecular weight is 338 g/mol. The van der Waals surface area contributed by atoms with Gasteiger partial charge < -0.3 is 15.0 Å². The van der Waals surface area contributed by atoms with E-state index < -0.39 is 5.92 Å². The Morgan fingerprint density at radius 3 is 2.84 bits per heavy atom. The summed E-state index contributed by atoms with van der Waals surface area (Å²) < 4.78 is 5.21. The number of nitrogens with one attached hydrogen (secondary N) is 1. The number of amides is 2. The second kappa shape index (κ2) is 7.38. The molecule has 1 unspecified atom stereocenters. The van der Waals surface area contributed by atoms with E-state index in [9.17, 15) is 9.59 Å². The van der Waals surface area contributed by atoms with Crippen LogP contribution in [0.4, 0.5) is 5.69 Å². The molecule has 1 N–H and O–H groups in total. The summed E-state index contributed by atoms with van der Waals surface area (Å²) >= 11 is 0. The maximum absolute atomic E-state index is 12.6. The third kappa shape index (κ3) is 3.65. The van der Waals surface area contributed by atoms with E-state index in [1.807, 2.05) is 48.5 Å². The summed E-state index contributed by atoms with van der Waals surface area (Å²) in [7, 11) is 3.38. The van der Waals surface area contributed by atoms with Gasteiger partial charge in [0.2, 0.25) is 11.8 Å². The first-order valence-electron chi connectivity index (χ1n) is 8.36. The number of anilines is 1. The number of hydrogen-bond donors (Lipinski definition) is 1. The molecule has 1 atom stereocenters. The third-order valence-electron chi connectivity index (χ3n) is 4.59. The minimum atomic E-state index is -0.426. The van der Waals surface area contributed by atoms with Crippen molar-refractivity contribution >= 4 is 17.5 Å². The third-order valence-corrected chi connectivity index (χ3v) is 4.59. The molecule has 2 aromatic rings. The van der Waals surface area contributed by atoms with E-state index in [1.165, 1.54) is 0 Å². The zero-order valence-electron chi connectivity index (χ0n) is 14.5. The highest BCUT2D eigenvalue weighted by Gasteiger charge is 2.33. The molecular weight excluding hydrogens is 316 g/mol. The topological polar surface area (TPSA) is 58.6 Å². The van der Waals surface area contributed by atoms with Crippen LogP contribution in [0.25, 0.3) is 0 Å². The van der Waals surface area contributed by atoms with E-state index >= 15 is 0 Å². The smallest absolute Gasteiger partial charge is 0.228 e. The number of nitrogens with zero attached hydrogens (tertiary/aromatic N) is 1. The van der Waals surface area contributed by atoms with E-state index in [-0.39, 0.29) is 18.2 Å². The van der Waals surface area contributed by atoms with Crippen LogP contribution in [0.1, 0.15) is 23.5 Å². The monoisotopic (exact) mass is 338 g/mol. The lowest BCUT2D eigenvalue weighted by Crippen LogP contribution is -2.39. The standard InChI is InChI=1S/C20H22N2O3/c1-22-18-9-4-3-8-16(18)17(13-19(22)23)20(24)21-11-10-14-6-5-7-15(12-14)25-2/h3-9,12,17H,10-11,13H2,1-2H3,(H,21,24). The van der Waals surface area contributed by atoms with Crippen LogP contribution >= 0.6 is 0 Å². The van der Waals surface area contributed by atoms with Gasteiger partial charge in [0.05, 0.1) is 13.0 Å². The van der Waals surface area contributed by atoms with Crippen molar-refractivity contribution in [3.8, 4) is 5.75 Å². The molecule has 0 bridgehead atoms. The van der Waals surface area contributed by atoms with E-state index in [0.29, 0.717) is 13.0 Å². The molecule has 1 aliphatic rings. The Morgan fingerprint density at radius 1 is 1.24 bits per heavy atom. The lowest BCUT2D eigenvalue weighted by molar-refractivity contribution is -0.127. The normalized spacial score (nSPS) is 16.3. The van der Waals surface area contributed by atoms with Crippen molar-refractivity contribution in [2.24, 2.45) is 0 Å². The van der Waals surface area contributed by atoms with Crippen LogP contribution in [0.5, 0.6) is 5.75 Å². The molecule has 5 heteroatoms. The second-order valence-electron chi connectivity index (χ2n) is 6.16. The molecule has 0 spiro atoms. The maximum atomic E-state index is 12.6. The zero-order valence-corrected chi connectivity index (χ0v) is 14.5. The van der Waals surface area contributed by atoms with E-state index in [1.54, 1.807) is 19.1 Å². The molecule has 1 aliphatic heterocycles. The van der Waals surface area contributed by atoms with Crippen molar-refractivity contribution < 1.29 is 14.3 Å². The number of methoxy groups -OCH3 is 1. The van der Waals surface area contributed by atoms with Crippen LogP contribution in [0.3, 0.4) is 0 Å². The summed E-state index contributed by atoms with van der Waals surface area (Å²) in [6.45, 7) is 0.523. The first-order valence-corrected chi connectivity index (χ1v) is 8.36. The molecule has 0 fully saturated rings. The molecule has 2 amide bonds. The number of carbonyl (C=O) groups excluding carboxylic acids is 2. The van der Waals surface area contributed by atoms with E-state index in [2.05, 4.69) is 5.32 Å². The van der Waals surface area contributed by atoms with Crippen molar-refractivity contribution in [1.82, 2.24) is 5.32 Å². The van der Waals surface area contributed by atoms with E-state index in [0.717, 1.165) is 22.6 Å². The molecule has 0 aliphatic carbocycles. The van der Waals surface area contributed by atoms with Gasteiger partial charge in [0.25, 0.3) is 0 Å². The van der Waals surface area contributed by atoms with Crippen molar-refractivity contribution in [1.29, 1.82) is 0 Å². The fourth-order valence-corrected chi connectivity index (χ4v) is 3.16. The number of fused-ring (bicyclic) bond motifs is 1. The predicted molar refractivity (Wildman–Crippen MR) is 96.9 cm³/mol. The Labute approximate surface area is 147 Å². The molecule has 3 rings (SSSR count). The highest BCUT2D eigenvalue weighted by Crippen LogP contribution is 2.35. The number of benzene rings is 2. The SMILES string of the molecule is COc1cccc(CCNC(=O)C2CC(=O)N(C)c3ccccc32)c1. The molecule has 0 saturated heterocycles. The summed E-state index contributed by atoms with van der Waals surface area (Å²) in [4.78, 5) is 26.4. The van der Waals surface area contributed by atoms with Crippen molar-refractivity contribution in [3.05, 3.63) is 59.7 Å². The predicted octanol–water partition coefficient (Wildman–Crippen LogP) is 2.50. The Bertz CT molecular complexity index is 788. The van der Waals surface area contributed by atoms with Crippen LogP contribution < -0.4 is 15.0 Å². The van der Waals surface area contributed by atoms with Gasteiger partial charge in [0, 0.05) is 25.7 Å². The molecule has 0 aromatic heterocycles. The van der Waals surface area contributed by atoms with Crippen LogP contribution in [0, 0.1) is 0 Å². The van der Waals surface area contributed by atoms with Gasteiger partial charge in [-0.25, -0.2) is 0 Å². The zero-order chi connectivity index (χ0) is 17.8. The summed E-state index contributed by atoms with van der Waals surface area (Å²) in [5, 5.41) is 2.96. The van der Waals surface area contributed by atoms with Gasteiger partial charge in [-0.15, -0.1) is 0 Å². The number of rotatable bonds is 5. The van der Waals surface area contributed by atoms with Crippen LogP contribution in [0.2, 0.25) is 0 Å². The first kappa shape index (κ1) is 17.0. The maximum Gasteiger partial charge on any atom is 0.228 e. The molecular formula is C20H22N2O3. The quantitative estimate of drug-likeness (QED) is 0.911. The molecule has 0 radical (unpaired) electrons. The summed E-state index contributed by atoms with van der Waals surface area (Å²) in [5.41, 5.74) is 2.81. The lowest BCUT2D eigenvalue weighted by Gasteiger charge is -2.30. The van der Waals surface area contributed by atoms with Gasteiger partial charge in [-0.2, -0.15) is 0 Å². The van der Waals surface area contributed by atoms with Crippen molar-refractivity contribution in [3.63, 3.8) is 0 Å². The van der Waals surface area contributed by atoms with Crippen LogP contribution in [-0.4, -0.2) is 32.5 Å². The van der Waals surface area contributed by atoms with E-state index in [4.69, 9.17) is 4.74 Å². The second-order valence-corrected chi connectivity index (χ2v) is 6.16. The molecule has 1 heterocycles. The summed E-state index contributed by atoms with van der Waals surface area (Å²) in [5.74, 6) is 0.243. The average Bonchev–Trinajstić information content (AvgIpc) is 2.64. The summed E-state index contributed by atoms with van der Waals surface area (Å²) in [6.07, 6.45) is 0.920. The number of carbonyl (C=O) groups is 2. The Morgan fingerprint density at radius 2 is 2.04 bits per heavy atom. The lowest BCUT2D eigenvalue weighted by atomic mass is 9.89. The van der Waals surface area contributed by atoms with Crippen molar-refractivity contribution in [2.75, 3.05) is 25.6 Å². The Kier molecular flexibility index (Phi) is 5.03. The van der Waals surface area contributed by atoms with Crippen LogP contribution in [0.15, 0.2) is 48.5 Å². The molecule has 2 aromatic carbocycles. The Balaban J connectivity index is 1.65. The van der Waals surface area contributed by atoms with Gasteiger partial charge in [-0.05, 0) is 35.7 Å². The first-order chi connectivity index (χ1) is 12.1. The van der Waals surface area contributed by atoms with Crippen molar-refractivity contribution in [2.45, 2.75) is 18.8 Å². The number of ether oxygens (including phenoxy) is 1. The minimum Gasteiger partial charge on any atom is -0.497 e. The minimum absolute atomic E-state index is 0.0355. The van der Waals surface area contributed by atoms with Gasteiger partial charge in [0.15, 0.2) is 0 Å². The largest absolute Gasteiger partial charge is 0.497 e. The van der Waals surface area contributed by atoms with Gasteiger partial charge >= 0.3 is 0 Å². The molecule has 25 heavy (non-hydrogen) atoms.